The van der Waals surface area contributed by atoms with Gasteiger partial charge in [-0.1, -0.05) is 31.9 Å². The molecule has 0 bridgehead atoms. The summed E-state index contributed by atoms with van der Waals surface area (Å²) in [6, 6.07) is 2.69. The number of urea groups is 1. The predicted molar refractivity (Wildman–Crippen MR) is 174 cm³/mol. The molecule has 48 heavy (non-hydrogen) atoms. The normalized spacial score (nSPS) is 17.2. The van der Waals surface area contributed by atoms with Crippen molar-refractivity contribution in [3.05, 3.63) is 61.1 Å². The largest absolute Gasteiger partial charge is 0.458 e. The van der Waals surface area contributed by atoms with Gasteiger partial charge in [0.2, 0.25) is 5.91 Å². The topological polar surface area (TPSA) is 178 Å². The first kappa shape index (κ1) is 35.2. The summed E-state index contributed by atoms with van der Waals surface area (Å²) in [7, 11) is 0. The lowest BCUT2D eigenvalue weighted by atomic mass is 9.87. The molecule has 1 fully saturated rings. The molecule has 0 radical (unpaired) electrons. The molecule has 5 heterocycles. The molecule has 3 aromatic rings. The molecular formula is C33H39ClFN5O8. The number of aryl methyl sites for hydroxylation is 2. The molecule has 1 unspecified atom stereocenters. The number of cyclic esters (lactones) is 1. The summed E-state index contributed by atoms with van der Waals surface area (Å²) in [5, 5.41) is 20.0. The molecule has 3 aliphatic heterocycles. The Balaban J connectivity index is 0.000000202. The van der Waals surface area contributed by atoms with Gasteiger partial charge in [-0.15, -0.1) is 0 Å². The van der Waals surface area contributed by atoms with Crippen LogP contribution in [0.15, 0.2) is 16.9 Å². The Bertz CT molecular complexity index is 1810. The minimum absolute atomic E-state index is 0.110. The van der Waals surface area contributed by atoms with Crippen molar-refractivity contribution < 1.29 is 38.5 Å². The Hall–Kier alpha value is -4.11. The van der Waals surface area contributed by atoms with Crippen molar-refractivity contribution >= 4 is 40.4 Å². The average Bonchev–Trinajstić information content (AvgIpc) is 3.45. The maximum atomic E-state index is 14.4. The van der Waals surface area contributed by atoms with Crippen LogP contribution in [0, 0.1) is 5.82 Å². The van der Waals surface area contributed by atoms with Gasteiger partial charge >= 0.3 is 12.0 Å². The number of hydrogen-bond donors (Lipinski definition) is 3. The highest BCUT2D eigenvalue weighted by Crippen LogP contribution is 2.43. The van der Waals surface area contributed by atoms with Gasteiger partial charge in [0, 0.05) is 42.2 Å². The van der Waals surface area contributed by atoms with Gasteiger partial charge in [0.1, 0.15) is 19.0 Å². The smallest absolute Gasteiger partial charge is 0.340 e. The van der Waals surface area contributed by atoms with E-state index in [2.05, 4.69) is 18.8 Å². The number of amides is 3. The van der Waals surface area contributed by atoms with Gasteiger partial charge in [-0.3, -0.25) is 9.59 Å². The number of rotatable bonds is 4. The van der Waals surface area contributed by atoms with Crippen LogP contribution in [0.5, 0.6) is 0 Å². The van der Waals surface area contributed by atoms with Gasteiger partial charge in [0.05, 0.1) is 53.9 Å². The molecule has 1 atom stereocenters. The SMILES string of the molecule is CCC.NC(=O)CN(CCO)C(=O)N1CCOCC1.O=C1OCc2c(cc3n(c2=O)Cc2c-3nc3cc(F)c(Cl)c4c3c2CCC4)C1O. The second-order valence-electron chi connectivity index (χ2n) is 11.9. The van der Waals surface area contributed by atoms with E-state index in [1.807, 2.05) is 0 Å². The number of carbonyl (C=O) groups excluding carboxylic acids is 3. The van der Waals surface area contributed by atoms with Crippen molar-refractivity contribution in [3.63, 3.8) is 0 Å². The quantitative estimate of drug-likeness (QED) is 0.272. The fourth-order valence-corrected chi connectivity index (χ4v) is 6.61. The van der Waals surface area contributed by atoms with E-state index in [1.165, 1.54) is 17.4 Å². The summed E-state index contributed by atoms with van der Waals surface area (Å²) in [5.41, 5.74) is 9.62. The highest BCUT2D eigenvalue weighted by atomic mass is 35.5. The fourth-order valence-electron chi connectivity index (χ4n) is 6.37. The van der Waals surface area contributed by atoms with E-state index in [-0.39, 0.29) is 54.0 Å². The van der Waals surface area contributed by atoms with E-state index in [9.17, 15) is 28.7 Å². The summed E-state index contributed by atoms with van der Waals surface area (Å²) in [6.07, 6.45) is 2.07. The lowest BCUT2D eigenvalue weighted by molar-refractivity contribution is -0.157. The summed E-state index contributed by atoms with van der Waals surface area (Å²) in [5.74, 6) is -1.87. The van der Waals surface area contributed by atoms with Gasteiger partial charge in [0.15, 0.2) is 6.10 Å². The van der Waals surface area contributed by atoms with Crippen LogP contribution in [0.1, 0.15) is 60.6 Å². The maximum absolute atomic E-state index is 14.4. The number of primary amides is 1. The Labute approximate surface area is 281 Å². The average molecular weight is 688 g/mol. The van der Waals surface area contributed by atoms with E-state index in [0.29, 0.717) is 56.2 Å². The number of ether oxygens (including phenoxy) is 2. The molecule has 1 aromatic carbocycles. The molecule has 15 heteroatoms. The van der Waals surface area contributed by atoms with E-state index < -0.39 is 23.8 Å². The third-order valence-electron chi connectivity index (χ3n) is 8.47. The van der Waals surface area contributed by atoms with Gasteiger partial charge in [-0.2, -0.15) is 0 Å². The third-order valence-corrected chi connectivity index (χ3v) is 8.88. The molecule has 1 aliphatic carbocycles. The Kier molecular flexibility index (Phi) is 11.0. The van der Waals surface area contributed by atoms with Gasteiger partial charge < -0.3 is 39.8 Å². The molecule has 3 amide bonds. The number of benzene rings is 1. The van der Waals surface area contributed by atoms with Crippen LogP contribution in [0.4, 0.5) is 9.18 Å². The van der Waals surface area contributed by atoms with Crippen molar-refractivity contribution in [1.82, 2.24) is 19.4 Å². The zero-order chi connectivity index (χ0) is 34.7. The van der Waals surface area contributed by atoms with Crippen molar-refractivity contribution in [2.45, 2.75) is 58.8 Å². The molecule has 2 aromatic heterocycles. The highest BCUT2D eigenvalue weighted by molar-refractivity contribution is 6.32. The number of aliphatic hydroxyl groups is 2. The number of fused-ring (bicyclic) bond motifs is 5. The van der Waals surface area contributed by atoms with Gasteiger partial charge in [-0.05, 0) is 36.5 Å². The Morgan fingerprint density at radius 2 is 1.81 bits per heavy atom. The van der Waals surface area contributed by atoms with Crippen LogP contribution < -0.4 is 11.3 Å². The molecule has 1 saturated heterocycles. The van der Waals surface area contributed by atoms with Crippen molar-refractivity contribution in [2.24, 2.45) is 5.73 Å². The van der Waals surface area contributed by atoms with Gasteiger partial charge in [-0.25, -0.2) is 19.0 Å². The van der Waals surface area contributed by atoms with E-state index >= 15 is 0 Å². The summed E-state index contributed by atoms with van der Waals surface area (Å²) >= 11 is 6.23. The van der Waals surface area contributed by atoms with Crippen LogP contribution in [-0.2, 0) is 45.1 Å². The van der Waals surface area contributed by atoms with Crippen molar-refractivity contribution in [3.8, 4) is 11.4 Å². The standard InChI is InChI=1S/C21H14ClFN2O4.C9H17N3O4.C3H8/c22-17-9-3-1-2-8-11-6-25-15(18(11)24-14(16(8)9)5-13(17)23)4-10-12(20(25)27)7-29-21(28)19(10)26;10-8(14)7-12(1-4-13)9(15)11-2-5-16-6-3-11;1-3-2/h4-5,19,26H,1-3,6-7H2;13H,1-7H2,(H2,10,14);3H2,1-2H3. The predicted octanol–water partition coefficient (Wildman–Crippen LogP) is 2.43. The number of nitrogens with zero attached hydrogens (tertiary/aromatic N) is 4. The van der Waals surface area contributed by atoms with Crippen LogP contribution in [0.2, 0.25) is 5.02 Å². The van der Waals surface area contributed by atoms with Crippen LogP contribution in [0.25, 0.3) is 22.3 Å². The molecule has 0 saturated carbocycles. The lowest BCUT2D eigenvalue weighted by Gasteiger charge is -2.32. The first-order chi connectivity index (χ1) is 23.0. The van der Waals surface area contributed by atoms with Crippen molar-refractivity contribution in [2.75, 3.05) is 46.0 Å². The second-order valence-corrected chi connectivity index (χ2v) is 12.3. The second kappa shape index (κ2) is 15.0. The number of morpholine rings is 1. The Morgan fingerprint density at radius 3 is 2.48 bits per heavy atom. The molecular weight excluding hydrogens is 649 g/mol. The maximum Gasteiger partial charge on any atom is 0.340 e. The number of halogens is 2. The number of pyridine rings is 2. The number of aliphatic hydroxyl groups excluding tert-OH is 2. The molecule has 258 valence electrons. The molecule has 7 rings (SSSR count). The number of hydrogen-bond acceptors (Lipinski definition) is 9. The van der Waals surface area contributed by atoms with E-state index in [1.54, 1.807) is 15.5 Å². The van der Waals surface area contributed by atoms with Crippen molar-refractivity contribution in [1.29, 1.82) is 0 Å². The minimum atomic E-state index is -1.50. The molecule has 0 spiro atoms. The third kappa shape index (κ3) is 6.75. The van der Waals surface area contributed by atoms with E-state index in [0.717, 1.165) is 34.9 Å². The van der Waals surface area contributed by atoms with Crippen LogP contribution >= 0.6 is 11.6 Å². The summed E-state index contributed by atoms with van der Waals surface area (Å²) in [6.45, 7) is 6.17. The van der Waals surface area contributed by atoms with Gasteiger partial charge in [0.25, 0.3) is 5.56 Å². The number of carbonyl (C=O) groups is 3. The zero-order valence-corrected chi connectivity index (χ0v) is 27.6. The highest BCUT2D eigenvalue weighted by Gasteiger charge is 2.35. The lowest BCUT2D eigenvalue weighted by Crippen LogP contribution is -2.51. The molecule has 4 aliphatic rings. The van der Waals surface area contributed by atoms with E-state index in [4.69, 9.17) is 31.9 Å². The number of esters is 1. The summed E-state index contributed by atoms with van der Waals surface area (Å²) < 4.78 is 26.0. The molecule has 4 N–H and O–H groups in total. The minimum Gasteiger partial charge on any atom is -0.458 e. The zero-order valence-electron chi connectivity index (χ0n) is 26.9. The number of aromatic nitrogens is 2. The molecule has 13 nitrogen and oxygen atoms in total. The first-order valence-corrected chi connectivity index (χ1v) is 16.3. The van der Waals surface area contributed by atoms with Crippen LogP contribution in [-0.4, -0.2) is 93.5 Å². The first-order valence-electron chi connectivity index (χ1n) is 16.0. The number of nitrogens with two attached hydrogens (primary N) is 1. The van der Waals surface area contributed by atoms with Crippen LogP contribution in [0.3, 0.4) is 0 Å². The Morgan fingerprint density at radius 1 is 1.12 bits per heavy atom. The fraction of sp³-hybridized carbons (Fsp3) is 0.485. The monoisotopic (exact) mass is 687 g/mol. The summed E-state index contributed by atoms with van der Waals surface area (Å²) in [4.78, 5) is 55.0.